The maximum absolute atomic E-state index is 12.1. The van der Waals surface area contributed by atoms with Gasteiger partial charge >= 0.3 is 0 Å². The van der Waals surface area contributed by atoms with Crippen LogP contribution >= 0.6 is 11.8 Å². The molecule has 4 aromatic rings. The summed E-state index contributed by atoms with van der Waals surface area (Å²) in [4.78, 5) is 18.5. The van der Waals surface area contributed by atoms with Crippen molar-refractivity contribution in [1.82, 2.24) is 20.5 Å². The summed E-state index contributed by atoms with van der Waals surface area (Å²) in [5.74, 6) is -0.0801. The number of H-pyrrole nitrogens is 1. The molecular weight excluding hydrogens is 368 g/mol. The van der Waals surface area contributed by atoms with Crippen molar-refractivity contribution in [3.63, 3.8) is 0 Å². The van der Waals surface area contributed by atoms with Crippen LogP contribution in [0.15, 0.2) is 76.7 Å². The van der Waals surface area contributed by atoms with E-state index in [4.69, 9.17) is 0 Å². The summed E-state index contributed by atoms with van der Waals surface area (Å²) in [6, 6.07) is 19.8. The maximum atomic E-state index is 12.1. The minimum atomic E-state index is -0.0801. The summed E-state index contributed by atoms with van der Waals surface area (Å²) in [7, 11) is 1.65. The van der Waals surface area contributed by atoms with Crippen LogP contribution in [0.2, 0.25) is 0 Å². The highest BCUT2D eigenvalue weighted by Gasteiger charge is 2.12. The first-order chi connectivity index (χ1) is 13.7. The molecule has 0 saturated heterocycles. The zero-order chi connectivity index (χ0) is 19.3. The Morgan fingerprint density at radius 1 is 1.07 bits per heavy atom. The number of hydrogen-bond acceptors (Lipinski definition) is 4. The first-order valence-electron chi connectivity index (χ1n) is 9.10. The van der Waals surface area contributed by atoms with E-state index < -0.39 is 0 Å². The molecule has 0 fully saturated rings. The fourth-order valence-electron chi connectivity index (χ4n) is 3.10. The van der Waals surface area contributed by atoms with Crippen molar-refractivity contribution in [2.24, 2.45) is 0 Å². The van der Waals surface area contributed by atoms with Gasteiger partial charge in [0.05, 0.1) is 11.1 Å². The Kier molecular flexibility index (Phi) is 5.39. The molecule has 0 spiro atoms. The third kappa shape index (κ3) is 3.92. The molecule has 0 aliphatic carbocycles. The van der Waals surface area contributed by atoms with Gasteiger partial charge in [0.2, 0.25) is 0 Å². The molecule has 2 heterocycles. The first-order valence-corrected chi connectivity index (χ1v) is 9.92. The third-order valence-corrected chi connectivity index (χ3v) is 5.61. The molecule has 6 heteroatoms. The third-order valence-electron chi connectivity index (χ3n) is 4.55. The molecule has 0 bridgehead atoms. The van der Waals surface area contributed by atoms with Crippen LogP contribution in [-0.4, -0.2) is 28.1 Å². The molecule has 4 rings (SSSR count). The monoisotopic (exact) mass is 388 g/mol. The van der Waals surface area contributed by atoms with Crippen LogP contribution in [0, 0.1) is 0 Å². The molecule has 5 nitrogen and oxygen atoms in total. The van der Waals surface area contributed by atoms with Gasteiger partial charge in [0, 0.05) is 39.8 Å². The Labute approximate surface area is 167 Å². The molecule has 140 valence electrons. The van der Waals surface area contributed by atoms with E-state index in [0.29, 0.717) is 5.56 Å². The summed E-state index contributed by atoms with van der Waals surface area (Å²) < 4.78 is 0. The fraction of sp³-hybridized carbons (Fsp3) is 0.136. The number of carbonyl (C=O) groups excluding carboxylic acids is 1. The molecular formula is C22H20N4OS. The predicted octanol–water partition coefficient (Wildman–Crippen LogP) is 4.25. The summed E-state index contributed by atoms with van der Waals surface area (Å²) in [6.07, 6.45) is 3.52. The van der Waals surface area contributed by atoms with Crippen LogP contribution in [0.1, 0.15) is 21.7 Å². The number of aryl methyl sites for hydroxylation is 2. The number of aromatic amines is 1. The highest BCUT2D eigenvalue weighted by molar-refractivity contribution is 7.99. The van der Waals surface area contributed by atoms with E-state index in [-0.39, 0.29) is 5.91 Å². The summed E-state index contributed by atoms with van der Waals surface area (Å²) in [6.45, 7) is 0. The SMILES string of the molecule is CNC(=O)c1ccccc1Sc1ccc2n[nH]c(CCc3ccccn3)c2c1. The summed E-state index contributed by atoms with van der Waals surface area (Å²) in [5.41, 5.74) is 3.79. The predicted molar refractivity (Wildman–Crippen MR) is 112 cm³/mol. The van der Waals surface area contributed by atoms with E-state index in [0.717, 1.165) is 44.9 Å². The van der Waals surface area contributed by atoms with Gasteiger partial charge < -0.3 is 5.32 Å². The molecule has 2 aromatic heterocycles. The topological polar surface area (TPSA) is 70.7 Å². The Bertz CT molecular complexity index is 1110. The van der Waals surface area contributed by atoms with E-state index >= 15 is 0 Å². The van der Waals surface area contributed by atoms with Crippen LogP contribution in [-0.2, 0) is 12.8 Å². The summed E-state index contributed by atoms with van der Waals surface area (Å²) in [5, 5.41) is 11.4. The van der Waals surface area contributed by atoms with Crippen molar-refractivity contribution in [3.8, 4) is 0 Å². The number of rotatable bonds is 6. The lowest BCUT2D eigenvalue weighted by atomic mass is 10.1. The first kappa shape index (κ1) is 18.3. The van der Waals surface area contributed by atoms with Gasteiger partial charge in [-0.1, -0.05) is 30.0 Å². The molecule has 0 aliphatic rings. The molecule has 28 heavy (non-hydrogen) atoms. The minimum absolute atomic E-state index is 0.0801. The van der Waals surface area contributed by atoms with Gasteiger partial charge in [-0.3, -0.25) is 14.9 Å². The largest absolute Gasteiger partial charge is 0.355 e. The van der Waals surface area contributed by atoms with Gasteiger partial charge in [0.25, 0.3) is 5.91 Å². The van der Waals surface area contributed by atoms with Crippen LogP contribution in [0.3, 0.4) is 0 Å². The number of nitrogens with one attached hydrogen (secondary N) is 2. The molecule has 0 saturated carbocycles. The lowest BCUT2D eigenvalue weighted by Gasteiger charge is -2.08. The Hall–Kier alpha value is -3.12. The standard InChI is InChI=1S/C22H20N4OS/c1-23-22(27)17-7-2-3-8-21(17)28-16-10-12-20-18(14-16)19(25-26-20)11-9-15-6-4-5-13-24-15/h2-8,10,12-14H,9,11H2,1H3,(H,23,27)(H,25,26). The number of hydrogen-bond donors (Lipinski definition) is 2. The number of carbonyl (C=O) groups is 1. The maximum Gasteiger partial charge on any atom is 0.252 e. The zero-order valence-corrected chi connectivity index (χ0v) is 16.3. The number of aromatic nitrogens is 3. The van der Waals surface area contributed by atoms with Crippen molar-refractivity contribution < 1.29 is 4.79 Å². The van der Waals surface area contributed by atoms with E-state index in [1.165, 1.54) is 0 Å². The number of fused-ring (bicyclic) bond motifs is 1. The van der Waals surface area contributed by atoms with Gasteiger partial charge in [-0.2, -0.15) is 5.10 Å². The minimum Gasteiger partial charge on any atom is -0.355 e. The van der Waals surface area contributed by atoms with Crippen molar-refractivity contribution in [3.05, 3.63) is 83.8 Å². The van der Waals surface area contributed by atoms with E-state index in [1.807, 2.05) is 60.8 Å². The second-order valence-corrected chi connectivity index (χ2v) is 7.49. The van der Waals surface area contributed by atoms with E-state index in [1.54, 1.807) is 18.8 Å². The zero-order valence-electron chi connectivity index (χ0n) is 15.5. The van der Waals surface area contributed by atoms with Gasteiger partial charge in [0.15, 0.2) is 0 Å². The molecule has 0 unspecified atom stereocenters. The van der Waals surface area contributed by atoms with Crippen molar-refractivity contribution in [2.45, 2.75) is 22.6 Å². The van der Waals surface area contributed by atoms with E-state index in [9.17, 15) is 4.79 Å². The molecule has 2 aromatic carbocycles. The van der Waals surface area contributed by atoms with Gasteiger partial charge in [-0.05, 0) is 55.3 Å². The highest BCUT2D eigenvalue weighted by atomic mass is 32.2. The van der Waals surface area contributed by atoms with Crippen molar-refractivity contribution in [1.29, 1.82) is 0 Å². The Morgan fingerprint density at radius 3 is 2.75 bits per heavy atom. The number of nitrogens with zero attached hydrogens (tertiary/aromatic N) is 2. The number of benzene rings is 2. The highest BCUT2D eigenvalue weighted by Crippen LogP contribution is 2.33. The molecule has 0 radical (unpaired) electrons. The number of pyridine rings is 1. The van der Waals surface area contributed by atoms with Crippen LogP contribution in [0.25, 0.3) is 10.9 Å². The number of amides is 1. The molecule has 1 amide bonds. The van der Waals surface area contributed by atoms with Crippen LogP contribution in [0.5, 0.6) is 0 Å². The quantitative estimate of drug-likeness (QED) is 0.518. The second kappa shape index (κ2) is 8.27. The normalized spacial score (nSPS) is 10.9. The Morgan fingerprint density at radius 2 is 1.93 bits per heavy atom. The second-order valence-electron chi connectivity index (χ2n) is 6.38. The van der Waals surface area contributed by atoms with E-state index in [2.05, 4.69) is 26.6 Å². The lowest BCUT2D eigenvalue weighted by molar-refractivity contribution is 0.0960. The average Bonchev–Trinajstić information content (AvgIpc) is 3.15. The Balaban J connectivity index is 1.59. The molecule has 2 N–H and O–H groups in total. The van der Waals surface area contributed by atoms with Gasteiger partial charge in [0.1, 0.15) is 0 Å². The lowest BCUT2D eigenvalue weighted by Crippen LogP contribution is -2.18. The average molecular weight is 388 g/mol. The molecule has 0 atom stereocenters. The smallest absolute Gasteiger partial charge is 0.252 e. The molecule has 0 aliphatic heterocycles. The van der Waals surface area contributed by atoms with Crippen molar-refractivity contribution in [2.75, 3.05) is 7.05 Å². The fourth-order valence-corrected chi connectivity index (χ4v) is 4.08. The summed E-state index contributed by atoms with van der Waals surface area (Å²) >= 11 is 1.58. The van der Waals surface area contributed by atoms with Crippen LogP contribution in [0.4, 0.5) is 0 Å². The van der Waals surface area contributed by atoms with Crippen LogP contribution < -0.4 is 5.32 Å². The van der Waals surface area contributed by atoms with Gasteiger partial charge in [-0.15, -0.1) is 0 Å². The van der Waals surface area contributed by atoms with Gasteiger partial charge in [-0.25, -0.2) is 0 Å². The van der Waals surface area contributed by atoms with Crippen molar-refractivity contribution >= 4 is 28.6 Å².